The summed E-state index contributed by atoms with van der Waals surface area (Å²) in [6.45, 7) is 0. The van der Waals surface area contributed by atoms with Gasteiger partial charge in [0, 0.05) is 11.8 Å². The molecule has 0 saturated carbocycles. The molecule has 0 unspecified atom stereocenters. The molecule has 1 heterocycles. The number of nitrogens with zero attached hydrogens (tertiary/aromatic N) is 3. The highest BCUT2D eigenvalue weighted by molar-refractivity contribution is 6.30. The van der Waals surface area contributed by atoms with Crippen molar-refractivity contribution >= 4 is 13.4 Å². The minimum Gasteiger partial charge on any atom is -0.242 e. The zero-order valence-electron chi connectivity index (χ0n) is 4.00. The molecular formula is C3H4BN3. The highest BCUT2D eigenvalue weighted by Crippen LogP contribution is 1.55. The van der Waals surface area contributed by atoms with Crippen LogP contribution in [0.1, 0.15) is 0 Å². The van der Waals surface area contributed by atoms with Crippen molar-refractivity contribution in [3.63, 3.8) is 0 Å². The summed E-state index contributed by atoms with van der Waals surface area (Å²) in [5.41, 5.74) is 0.850. The van der Waals surface area contributed by atoms with Crippen LogP contribution in [-0.4, -0.2) is 23.0 Å². The number of aromatic nitrogens is 3. The molecule has 0 radical (unpaired) electrons. The van der Waals surface area contributed by atoms with Crippen LogP contribution in [0.4, 0.5) is 0 Å². The van der Waals surface area contributed by atoms with Crippen LogP contribution in [0.2, 0.25) is 0 Å². The molecule has 0 atom stereocenters. The Morgan fingerprint density at radius 2 is 2.43 bits per heavy atom. The number of hydrogen-bond donors (Lipinski definition) is 0. The largest absolute Gasteiger partial charge is 0.242 e. The van der Waals surface area contributed by atoms with Crippen LogP contribution in [0, 0.1) is 0 Å². The predicted molar refractivity (Wildman–Crippen MR) is 28.0 cm³/mol. The maximum atomic E-state index is 3.71. The molecule has 0 aliphatic carbocycles. The van der Waals surface area contributed by atoms with Crippen molar-refractivity contribution in [1.82, 2.24) is 15.2 Å². The maximum absolute atomic E-state index is 3.71. The molecule has 1 rings (SSSR count). The molecule has 1 aromatic heterocycles. The van der Waals surface area contributed by atoms with Crippen molar-refractivity contribution in [2.45, 2.75) is 0 Å². The predicted octanol–water partition coefficient (Wildman–Crippen LogP) is -1.87. The first-order chi connectivity index (χ1) is 3.39. The summed E-state index contributed by atoms with van der Waals surface area (Å²) in [5, 5.41) is 7.19. The monoisotopic (exact) mass is 93.0 g/mol. The Morgan fingerprint density at radius 3 is 2.71 bits per heavy atom. The first-order valence-electron chi connectivity index (χ1n) is 1.99. The molecule has 0 fully saturated rings. The molecular weight excluding hydrogens is 88.9 g/mol. The van der Waals surface area contributed by atoms with Crippen LogP contribution in [0.3, 0.4) is 0 Å². The Kier molecular flexibility index (Phi) is 1.02. The summed E-state index contributed by atoms with van der Waals surface area (Å²) in [7, 11) is 1.85. The number of rotatable bonds is 0. The first-order valence-corrected chi connectivity index (χ1v) is 1.99. The van der Waals surface area contributed by atoms with Gasteiger partial charge in [-0.05, 0) is 0 Å². The first kappa shape index (κ1) is 4.24. The average Bonchev–Trinajstić information content (AvgIpc) is 1.69. The molecule has 0 aliphatic rings. The SMILES string of the molecule is Bc1cncnn1. The van der Waals surface area contributed by atoms with E-state index < -0.39 is 0 Å². The molecule has 0 aromatic carbocycles. The van der Waals surface area contributed by atoms with Gasteiger partial charge in [-0.25, -0.2) is 4.98 Å². The summed E-state index contributed by atoms with van der Waals surface area (Å²) >= 11 is 0. The molecule has 4 heteroatoms. The summed E-state index contributed by atoms with van der Waals surface area (Å²) in [6, 6.07) is 0. The summed E-state index contributed by atoms with van der Waals surface area (Å²) in [4.78, 5) is 3.71. The van der Waals surface area contributed by atoms with Gasteiger partial charge in [0.2, 0.25) is 0 Å². The molecule has 34 valence electrons. The Morgan fingerprint density at radius 1 is 1.57 bits per heavy atom. The molecule has 0 aliphatic heterocycles. The lowest BCUT2D eigenvalue weighted by atomic mass is 10.1. The molecule has 0 saturated heterocycles. The van der Waals surface area contributed by atoms with E-state index in [0.717, 1.165) is 5.59 Å². The number of hydrogen-bond acceptors (Lipinski definition) is 3. The van der Waals surface area contributed by atoms with E-state index in [1.807, 2.05) is 7.85 Å². The van der Waals surface area contributed by atoms with E-state index in [-0.39, 0.29) is 0 Å². The quantitative estimate of drug-likeness (QED) is 0.352. The van der Waals surface area contributed by atoms with Gasteiger partial charge >= 0.3 is 0 Å². The molecule has 3 nitrogen and oxygen atoms in total. The van der Waals surface area contributed by atoms with Crippen molar-refractivity contribution in [1.29, 1.82) is 0 Å². The molecule has 0 spiro atoms. The van der Waals surface area contributed by atoms with Crippen LogP contribution in [0.5, 0.6) is 0 Å². The van der Waals surface area contributed by atoms with E-state index in [1.165, 1.54) is 6.33 Å². The third-order valence-electron chi connectivity index (χ3n) is 0.595. The van der Waals surface area contributed by atoms with Gasteiger partial charge in [0.15, 0.2) is 7.85 Å². The Balaban J connectivity index is 3.02. The summed E-state index contributed by atoms with van der Waals surface area (Å²) in [5.74, 6) is 0. The van der Waals surface area contributed by atoms with Gasteiger partial charge in [0.05, 0.1) is 0 Å². The van der Waals surface area contributed by atoms with Crippen molar-refractivity contribution in [2.75, 3.05) is 0 Å². The molecule has 0 bridgehead atoms. The maximum Gasteiger partial charge on any atom is 0.168 e. The van der Waals surface area contributed by atoms with Gasteiger partial charge in [-0.15, -0.1) is 5.10 Å². The second-order valence-electron chi connectivity index (χ2n) is 1.25. The fraction of sp³-hybridized carbons (Fsp3) is 0. The molecule has 0 N–H and O–H groups in total. The van der Waals surface area contributed by atoms with E-state index in [0.29, 0.717) is 0 Å². The molecule has 0 amide bonds. The average molecular weight is 92.9 g/mol. The van der Waals surface area contributed by atoms with Gasteiger partial charge in [0.1, 0.15) is 6.33 Å². The van der Waals surface area contributed by atoms with Crippen molar-refractivity contribution in [2.24, 2.45) is 0 Å². The van der Waals surface area contributed by atoms with Crippen molar-refractivity contribution in [3.8, 4) is 0 Å². The van der Waals surface area contributed by atoms with Gasteiger partial charge < -0.3 is 0 Å². The minimum atomic E-state index is 0.850. The smallest absolute Gasteiger partial charge is 0.168 e. The Hall–Kier alpha value is -0.925. The van der Waals surface area contributed by atoms with Gasteiger partial charge in [0.25, 0.3) is 0 Å². The van der Waals surface area contributed by atoms with Crippen LogP contribution in [0.15, 0.2) is 12.5 Å². The fourth-order valence-electron chi connectivity index (χ4n) is 0.314. The van der Waals surface area contributed by atoms with E-state index in [1.54, 1.807) is 6.20 Å². The zero-order valence-corrected chi connectivity index (χ0v) is 4.00. The van der Waals surface area contributed by atoms with E-state index in [9.17, 15) is 0 Å². The Labute approximate surface area is 42.2 Å². The molecule has 7 heavy (non-hydrogen) atoms. The van der Waals surface area contributed by atoms with E-state index in [4.69, 9.17) is 0 Å². The molecule has 1 aromatic rings. The van der Waals surface area contributed by atoms with Crippen molar-refractivity contribution in [3.05, 3.63) is 12.5 Å². The standard InChI is InChI=1S/C3H4BN3/c4-3-1-5-2-6-7-3/h1-2H,4H2. The normalized spacial score (nSPS) is 8.57. The highest BCUT2D eigenvalue weighted by Gasteiger charge is 1.76. The van der Waals surface area contributed by atoms with Crippen molar-refractivity contribution < 1.29 is 0 Å². The van der Waals surface area contributed by atoms with Crippen LogP contribution < -0.4 is 5.59 Å². The minimum absolute atomic E-state index is 0.850. The van der Waals surface area contributed by atoms with Gasteiger partial charge in [-0.3, -0.25) is 0 Å². The summed E-state index contributed by atoms with van der Waals surface area (Å²) in [6.07, 6.45) is 3.07. The second-order valence-corrected chi connectivity index (χ2v) is 1.25. The lowest BCUT2D eigenvalue weighted by Gasteiger charge is -1.80. The van der Waals surface area contributed by atoms with Gasteiger partial charge in [-0.1, -0.05) is 0 Å². The van der Waals surface area contributed by atoms with E-state index in [2.05, 4.69) is 15.2 Å². The zero-order chi connectivity index (χ0) is 5.11. The third-order valence-corrected chi connectivity index (χ3v) is 0.595. The summed E-state index contributed by atoms with van der Waals surface area (Å²) < 4.78 is 0. The lowest BCUT2D eigenvalue weighted by Crippen LogP contribution is -2.08. The topological polar surface area (TPSA) is 38.7 Å². The van der Waals surface area contributed by atoms with E-state index >= 15 is 0 Å². The van der Waals surface area contributed by atoms with Gasteiger partial charge in [-0.2, -0.15) is 5.10 Å². The second kappa shape index (κ2) is 1.68. The fourth-order valence-corrected chi connectivity index (χ4v) is 0.314. The highest BCUT2D eigenvalue weighted by atomic mass is 15.1. The van der Waals surface area contributed by atoms with Crippen LogP contribution in [-0.2, 0) is 0 Å². The van der Waals surface area contributed by atoms with Crippen LogP contribution >= 0.6 is 0 Å². The Bertz CT molecular complexity index is 140. The third kappa shape index (κ3) is 0.959. The lowest BCUT2D eigenvalue weighted by molar-refractivity contribution is 0.996. The van der Waals surface area contributed by atoms with Crippen LogP contribution in [0.25, 0.3) is 0 Å².